The van der Waals surface area contributed by atoms with E-state index < -0.39 is 16.4 Å². The monoisotopic (exact) mass is 245 g/mol. The van der Waals surface area contributed by atoms with Crippen LogP contribution in [0.1, 0.15) is 6.92 Å². The van der Waals surface area contributed by atoms with Crippen LogP contribution in [0.15, 0.2) is 23.1 Å². The Morgan fingerprint density at radius 2 is 2.31 bits per heavy atom. The number of benzene rings is 1. The first kappa shape index (κ1) is 12.9. The first-order valence-electron chi connectivity index (χ1n) is 4.72. The number of rotatable bonds is 5. The molecule has 0 aliphatic rings. The van der Waals surface area contributed by atoms with E-state index in [4.69, 9.17) is 5.11 Å². The highest BCUT2D eigenvalue weighted by Gasteiger charge is 2.20. The number of nitro groups is 1. The predicted octanol–water partition coefficient (Wildman–Crippen LogP) is 2.45. The van der Waals surface area contributed by atoms with Gasteiger partial charge < -0.3 is 5.11 Å². The molecule has 0 saturated heterocycles. The summed E-state index contributed by atoms with van der Waals surface area (Å²) in [5, 5.41) is 19.5. The van der Waals surface area contributed by atoms with Gasteiger partial charge >= 0.3 is 5.69 Å². The molecule has 0 amide bonds. The van der Waals surface area contributed by atoms with Gasteiger partial charge in [0.25, 0.3) is 0 Å². The molecule has 0 fully saturated rings. The Labute approximate surface area is 96.6 Å². The van der Waals surface area contributed by atoms with Crippen molar-refractivity contribution in [1.82, 2.24) is 0 Å². The Kier molecular flexibility index (Phi) is 4.70. The lowest BCUT2D eigenvalue weighted by Crippen LogP contribution is -2.04. The first-order valence-corrected chi connectivity index (χ1v) is 5.71. The van der Waals surface area contributed by atoms with Crippen LogP contribution in [-0.4, -0.2) is 22.4 Å². The number of aliphatic hydroxyl groups excluding tert-OH is 1. The Hall–Kier alpha value is -1.14. The third-order valence-corrected chi connectivity index (χ3v) is 3.34. The van der Waals surface area contributed by atoms with Crippen molar-refractivity contribution in [3.8, 4) is 0 Å². The van der Waals surface area contributed by atoms with E-state index >= 15 is 0 Å². The van der Waals surface area contributed by atoms with Crippen LogP contribution < -0.4 is 0 Å². The van der Waals surface area contributed by atoms with Crippen LogP contribution in [0.4, 0.5) is 10.1 Å². The van der Waals surface area contributed by atoms with E-state index in [-0.39, 0.29) is 12.5 Å². The van der Waals surface area contributed by atoms with Crippen LogP contribution >= 0.6 is 11.8 Å². The molecule has 1 aromatic carbocycles. The molecule has 0 spiro atoms. The molecule has 4 nitrogen and oxygen atoms in total. The van der Waals surface area contributed by atoms with Gasteiger partial charge in [0.05, 0.1) is 9.82 Å². The molecular weight excluding hydrogens is 233 g/mol. The summed E-state index contributed by atoms with van der Waals surface area (Å²) in [6, 6.07) is 4.02. The van der Waals surface area contributed by atoms with Gasteiger partial charge in [-0.05, 0) is 18.1 Å². The molecular formula is C10H12FNO3S. The highest BCUT2D eigenvalue weighted by Crippen LogP contribution is 2.32. The minimum Gasteiger partial charge on any atom is -0.396 e. The zero-order chi connectivity index (χ0) is 12.1. The van der Waals surface area contributed by atoms with Crippen molar-refractivity contribution in [2.24, 2.45) is 5.92 Å². The summed E-state index contributed by atoms with van der Waals surface area (Å²) in [5.41, 5.74) is -0.488. The van der Waals surface area contributed by atoms with E-state index in [0.717, 1.165) is 6.07 Å². The Morgan fingerprint density at radius 1 is 1.62 bits per heavy atom. The topological polar surface area (TPSA) is 63.4 Å². The number of aliphatic hydroxyl groups is 1. The first-order chi connectivity index (χ1) is 7.56. The van der Waals surface area contributed by atoms with Crippen LogP contribution in [-0.2, 0) is 0 Å². The molecule has 0 radical (unpaired) electrons. The Balaban J connectivity index is 2.87. The van der Waals surface area contributed by atoms with Crippen molar-refractivity contribution in [3.63, 3.8) is 0 Å². The molecule has 1 unspecified atom stereocenters. The fourth-order valence-electron chi connectivity index (χ4n) is 1.07. The highest BCUT2D eigenvalue weighted by molar-refractivity contribution is 7.99. The third-order valence-electron chi connectivity index (χ3n) is 1.97. The zero-order valence-corrected chi connectivity index (χ0v) is 9.54. The van der Waals surface area contributed by atoms with Crippen LogP contribution in [0.2, 0.25) is 0 Å². The lowest BCUT2D eigenvalue weighted by atomic mass is 10.2. The number of nitro benzene ring substituents is 1. The number of para-hydroxylation sites is 1. The number of hydrogen-bond acceptors (Lipinski definition) is 4. The predicted molar refractivity (Wildman–Crippen MR) is 60.0 cm³/mol. The summed E-state index contributed by atoms with van der Waals surface area (Å²) in [7, 11) is 0. The van der Waals surface area contributed by atoms with Gasteiger partial charge in [0.1, 0.15) is 0 Å². The molecule has 16 heavy (non-hydrogen) atoms. The van der Waals surface area contributed by atoms with Gasteiger partial charge in [0.15, 0.2) is 0 Å². The normalized spacial score (nSPS) is 12.4. The molecule has 1 N–H and O–H groups in total. The van der Waals surface area contributed by atoms with Crippen molar-refractivity contribution in [3.05, 3.63) is 34.1 Å². The average Bonchev–Trinajstić information content (AvgIpc) is 2.25. The van der Waals surface area contributed by atoms with Gasteiger partial charge in [-0.2, -0.15) is 4.39 Å². The van der Waals surface area contributed by atoms with E-state index in [1.807, 2.05) is 6.92 Å². The van der Waals surface area contributed by atoms with Crippen LogP contribution in [0.3, 0.4) is 0 Å². The van der Waals surface area contributed by atoms with E-state index in [9.17, 15) is 14.5 Å². The fraction of sp³-hybridized carbons (Fsp3) is 0.400. The minimum absolute atomic E-state index is 0.0100. The van der Waals surface area contributed by atoms with Gasteiger partial charge in [-0.25, -0.2) is 0 Å². The smallest absolute Gasteiger partial charge is 0.318 e. The second-order valence-corrected chi connectivity index (χ2v) is 4.50. The molecule has 6 heteroatoms. The maximum atomic E-state index is 13.2. The maximum Gasteiger partial charge on any atom is 0.318 e. The molecule has 0 bridgehead atoms. The highest BCUT2D eigenvalue weighted by atomic mass is 32.2. The second kappa shape index (κ2) is 5.81. The SMILES string of the molecule is CC(CO)CSc1cccc(F)c1[N+](=O)[O-]. The van der Waals surface area contributed by atoms with Crippen molar-refractivity contribution < 1.29 is 14.4 Å². The molecule has 88 valence electrons. The number of thioether (sulfide) groups is 1. The van der Waals surface area contributed by atoms with Crippen LogP contribution in [0, 0.1) is 21.8 Å². The number of nitrogens with zero attached hydrogens (tertiary/aromatic N) is 1. The van der Waals surface area contributed by atoms with E-state index in [1.165, 1.54) is 23.9 Å². The largest absolute Gasteiger partial charge is 0.396 e. The summed E-state index contributed by atoms with van der Waals surface area (Å²) in [5.74, 6) is -0.291. The van der Waals surface area contributed by atoms with Gasteiger partial charge in [-0.1, -0.05) is 13.0 Å². The number of hydrogen-bond donors (Lipinski definition) is 1. The molecule has 0 aromatic heterocycles. The van der Waals surface area contributed by atoms with Gasteiger partial charge in [0, 0.05) is 12.4 Å². The van der Waals surface area contributed by atoms with Gasteiger partial charge in [-0.15, -0.1) is 11.8 Å². The van der Waals surface area contributed by atoms with Gasteiger partial charge in [0.2, 0.25) is 5.82 Å². The van der Waals surface area contributed by atoms with Crippen LogP contribution in [0.25, 0.3) is 0 Å². The summed E-state index contributed by atoms with van der Waals surface area (Å²) in [6.45, 7) is 1.83. The molecule has 0 heterocycles. The van der Waals surface area contributed by atoms with Crippen molar-refractivity contribution >= 4 is 17.4 Å². The molecule has 1 aromatic rings. The van der Waals surface area contributed by atoms with Gasteiger partial charge in [-0.3, -0.25) is 10.1 Å². The van der Waals surface area contributed by atoms with Crippen molar-refractivity contribution in [1.29, 1.82) is 0 Å². The standard InChI is InChI=1S/C10H12FNO3S/c1-7(5-13)6-16-9-4-2-3-8(11)10(9)12(14)15/h2-4,7,13H,5-6H2,1H3. The summed E-state index contributed by atoms with van der Waals surface area (Å²) in [4.78, 5) is 10.2. The van der Waals surface area contributed by atoms with E-state index in [1.54, 1.807) is 0 Å². The summed E-state index contributed by atoms with van der Waals surface area (Å²) < 4.78 is 13.2. The fourth-order valence-corrected chi connectivity index (χ4v) is 2.13. The third kappa shape index (κ3) is 3.18. The number of halogens is 1. The zero-order valence-electron chi connectivity index (χ0n) is 8.72. The molecule has 1 atom stereocenters. The second-order valence-electron chi connectivity index (χ2n) is 3.44. The Bertz CT molecular complexity index is 386. The minimum atomic E-state index is -0.827. The van der Waals surface area contributed by atoms with Crippen molar-refractivity contribution in [2.45, 2.75) is 11.8 Å². The van der Waals surface area contributed by atoms with E-state index in [2.05, 4.69) is 0 Å². The quantitative estimate of drug-likeness (QED) is 0.491. The molecule has 0 aliphatic heterocycles. The summed E-state index contributed by atoms with van der Waals surface area (Å²) >= 11 is 1.18. The van der Waals surface area contributed by atoms with E-state index in [0.29, 0.717) is 10.6 Å². The molecule has 1 rings (SSSR count). The average molecular weight is 245 g/mol. The molecule has 0 saturated carbocycles. The lowest BCUT2D eigenvalue weighted by Gasteiger charge is -2.07. The maximum absolute atomic E-state index is 13.2. The lowest BCUT2D eigenvalue weighted by molar-refractivity contribution is -0.390. The molecule has 0 aliphatic carbocycles. The summed E-state index contributed by atoms with van der Waals surface area (Å²) in [6.07, 6.45) is 0. The van der Waals surface area contributed by atoms with Crippen LogP contribution in [0.5, 0.6) is 0 Å². The van der Waals surface area contributed by atoms with Crippen molar-refractivity contribution in [2.75, 3.05) is 12.4 Å². The Morgan fingerprint density at radius 3 is 2.88 bits per heavy atom.